The third kappa shape index (κ3) is 4.67. The molecule has 3 amide bonds. The second-order valence-corrected chi connectivity index (χ2v) is 8.44. The van der Waals surface area contributed by atoms with E-state index in [1.54, 1.807) is 30.6 Å². The van der Waals surface area contributed by atoms with Crippen molar-refractivity contribution < 1.29 is 14.4 Å². The normalized spacial score (nSPS) is 25.1. The van der Waals surface area contributed by atoms with Crippen molar-refractivity contribution in [2.45, 2.75) is 49.7 Å². The van der Waals surface area contributed by atoms with Crippen LogP contribution in [0.1, 0.15) is 25.3 Å². The Morgan fingerprint density at radius 2 is 2.00 bits per heavy atom. The molecule has 152 valence electrons. The first-order valence-electron chi connectivity index (χ1n) is 9.74. The first-order chi connectivity index (χ1) is 13.5. The summed E-state index contributed by atoms with van der Waals surface area (Å²) in [5, 5.41) is 8.68. The van der Waals surface area contributed by atoms with Crippen LogP contribution in [0.15, 0.2) is 30.3 Å². The lowest BCUT2D eigenvalue weighted by molar-refractivity contribution is -0.145. The van der Waals surface area contributed by atoms with Gasteiger partial charge in [-0.15, -0.1) is 11.8 Å². The molecule has 2 fully saturated rings. The standard InChI is InChI=1S/C20H28N4O3S/c1-13(21-2)18(25)23-15-8-9-17-24(20(15)27)16(12-28-17)19(26)22-11-10-14-6-4-3-5-7-14/h3-7,13,15-17,21H,8-12H2,1-2H3,(H,22,26)(H,23,25)/t13-,15-,16-,17-/m0/s1. The summed E-state index contributed by atoms with van der Waals surface area (Å²) in [6, 6.07) is 8.58. The fourth-order valence-electron chi connectivity index (χ4n) is 3.55. The van der Waals surface area contributed by atoms with Crippen LogP contribution < -0.4 is 16.0 Å². The van der Waals surface area contributed by atoms with Gasteiger partial charge in [0.25, 0.3) is 0 Å². The number of thioether (sulfide) groups is 1. The van der Waals surface area contributed by atoms with Crippen LogP contribution in [0.4, 0.5) is 0 Å². The third-order valence-corrected chi connectivity index (χ3v) is 6.70. The molecule has 8 heteroatoms. The molecule has 0 aromatic heterocycles. The molecular weight excluding hydrogens is 376 g/mol. The highest BCUT2D eigenvalue weighted by Crippen LogP contribution is 2.36. The van der Waals surface area contributed by atoms with Crippen LogP contribution >= 0.6 is 11.8 Å². The third-order valence-electron chi connectivity index (χ3n) is 5.35. The molecule has 4 atom stereocenters. The number of amides is 3. The van der Waals surface area contributed by atoms with Crippen molar-refractivity contribution in [3.05, 3.63) is 35.9 Å². The molecule has 3 N–H and O–H groups in total. The van der Waals surface area contributed by atoms with Crippen LogP contribution in [0.3, 0.4) is 0 Å². The van der Waals surface area contributed by atoms with Crippen LogP contribution in [0.25, 0.3) is 0 Å². The van der Waals surface area contributed by atoms with E-state index < -0.39 is 12.1 Å². The maximum absolute atomic E-state index is 13.0. The number of rotatable bonds is 7. The van der Waals surface area contributed by atoms with Crippen LogP contribution in [0.2, 0.25) is 0 Å². The number of piperidine rings is 1. The first kappa shape index (κ1) is 20.7. The highest BCUT2D eigenvalue weighted by molar-refractivity contribution is 8.00. The van der Waals surface area contributed by atoms with Crippen molar-refractivity contribution in [3.63, 3.8) is 0 Å². The Kier molecular flexibility index (Phi) is 6.96. The Morgan fingerprint density at radius 1 is 1.25 bits per heavy atom. The molecule has 1 aromatic carbocycles. The Hall–Kier alpha value is -2.06. The number of carbonyl (C=O) groups is 3. The van der Waals surface area contributed by atoms with Gasteiger partial charge in [-0.1, -0.05) is 30.3 Å². The van der Waals surface area contributed by atoms with Gasteiger partial charge in [0.15, 0.2) is 0 Å². The molecule has 1 aromatic rings. The zero-order valence-corrected chi connectivity index (χ0v) is 17.1. The van der Waals surface area contributed by atoms with Crippen LogP contribution in [0.5, 0.6) is 0 Å². The summed E-state index contributed by atoms with van der Waals surface area (Å²) in [6.45, 7) is 2.29. The molecule has 0 aliphatic carbocycles. The average Bonchev–Trinajstić information content (AvgIpc) is 3.15. The van der Waals surface area contributed by atoms with Crippen molar-refractivity contribution in [2.75, 3.05) is 19.3 Å². The lowest BCUT2D eigenvalue weighted by Crippen LogP contribution is -2.60. The number of carbonyl (C=O) groups excluding carboxylic acids is 3. The van der Waals surface area contributed by atoms with E-state index in [4.69, 9.17) is 0 Å². The molecule has 2 aliphatic rings. The highest BCUT2D eigenvalue weighted by Gasteiger charge is 2.46. The van der Waals surface area contributed by atoms with E-state index in [1.165, 1.54) is 0 Å². The van der Waals surface area contributed by atoms with E-state index in [0.717, 1.165) is 18.4 Å². The lowest BCUT2D eigenvalue weighted by Gasteiger charge is -2.37. The summed E-state index contributed by atoms with van der Waals surface area (Å²) < 4.78 is 0. The second-order valence-electron chi connectivity index (χ2n) is 7.22. The molecule has 0 saturated carbocycles. The summed E-state index contributed by atoms with van der Waals surface area (Å²) >= 11 is 1.65. The monoisotopic (exact) mass is 404 g/mol. The van der Waals surface area contributed by atoms with E-state index in [-0.39, 0.29) is 29.1 Å². The van der Waals surface area contributed by atoms with Gasteiger partial charge in [-0.05, 0) is 38.8 Å². The van der Waals surface area contributed by atoms with E-state index in [0.29, 0.717) is 18.7 Å². The van der Waals surface area contributed by atoms with Gasteiger partial charge in [0.2, 0.25) is 17.7 Å². The number of likely N-dealkylation sites (N-methyl/N-ethyl adjacent to an activating group) is 1. The van der Waals surface area contributed by atoms with Crippen molar-refractivity contribution >= 4 is 29.5 Å². The SMILES string of the molecule is CN[C@@H](C)C(=O)N[C@H]1CC[C@@H]2SC[C@@H](C(=O)NCCc3ccccc3)N2C1=O. The Labute approximate surface area is 170 Å². The Bertz CT molecular complexity index is 715. The van der Waals surface area contributed by atoms with E-state index in [1.807, 2.05) is 30.3 Å². The smallest absolute Gasteiger partial charge is 0.246 e. The topological polar surface area (TPSA) is 90.5 Å². The molecule has 7 nitrogen and oxygen atoms in total. The Morgan fingerprint density at radius 3 is 2.71 bits per heavy atom. The van der Waals surface area contributed by atoms with E-state index in [9.17, 15) is 14.4 Å². The fraction of sp³-hybridized carbons (Fsp3) is 0.550. The molecule has 0 bridgehead atoms. The minimum atomic E-state index is -0.558. The molecule has 2 saturated heterocycles. The molecule has 0 radical (unpaired) electrons. The second kappa shape index (κ2) is 9.43. The van der Waals surface area contributed by atoms with Crippen LogP contribution in [-0.4, -0.2) is 65.5 Å². The van der Waals surface area contributed by atoms with Gasteiger partial charge in [-0.25, -0.2) is 0 Å². The minimum Gasteiger partial charge on any atom is -0.354 e. The van der Waals surface area contributed by atoms with Crippen LogP contribution in [-0.2, 0) is 20.8 Å². The van der Waals surface area contributed by atoms with Gasteiger partial charge in [-0.2, -0.15) is 0 Å². The fourth-order valence-corrected chi connectivity index (χ4v) is 4.98. The van der Waals surface area contributed by atoms with Gasteiger partial charge in [0, 0.05) is 12.3 Å². The van der Waals surface area contributed by atoms with Crippen LogP contribution in [0, 0.1) is 0 Å². The quantitative estimate of drug-likeness (QED) is 0.616. The summed E-state index contributed by atoms with van der Waals surface area (Å²) in [7, 11) is 1.70. The zero-order chi connectivity index (χ0) is 20.1. The summed E-state index contributed by atoms with van der Waals surface area (Å²) in [6.07, 6.45) is 2.14. The number of nitrogens with zero attached hydrogens (tertiary/aromatic N) is 1. The number of nitrogens with one attached hydrogen (secondary N) is 3. The predicted molar refractivity (Wildman–Crippen MR) is 110 cm³/mol. The molecule has 2 heterocycles. The van der Waals surface area contributed by atoms with Crippen molar-refractivity contribution in [3.8, 4) is 0 Å². The largest absolute Gasteiger partial charge is 0.354 e. The summed E-state index contributed by atoms with van der Waals surface area (Å²) in [5.74, 6) is 0.132. The van der Waals surface area contributed by atoms with Gasteiger partial charge in [-0.3, -0.25) is 14.4 Å². The van der Waals surface area contributed by atoms with Crippen molar-refractivity contribution in [2.24, 2.45) is 0 Å². The number of hydrogen-bond acceptors (Lipinski definition) is 5. The predicted octanol–water partition coefficient (Wildman–Crippen LogP) is 0.502. The summed E-state index contributed by atoms with van der Waals surface area (Å²) in [4.78, 5) is 39.5. The van der Waals surface area contributed by atoms with Gasteiger partial charge < -0.3 is 20.9 Å². The van der Waals surface area contributed by atoms with E-state index in [2.05, 4.69) is 16.0 Å². The van der Waals surface area contributed by atoms with Crippen molar-refractivity contribution in [1.29, 1.82) is 0 Å². The maximum Gasteiger partial charge on any atom is 0.246 e. The highest BCUT2D eigenvalue weighted by atomic mass is 32.2. The lowest BCUT2D eigenvalue weighted by atomic mass is 10.0. The zero-order valence-electron chi connectivity index (χ0n) is 16.3. The maximum atomic E-state index is 13.0. The first-order valence-corrected chi connectivity index (χ1v) is 10.8. The summed E-state index contributed by atoms with van der Waals surface area (Å²) in [5.41, 5.74) is 1.16. The molecule has 28 heavy (non-hydrogen) atoms. The number of fused-ring (bicyclic) bond motifs is 1. The van der Waals surface area contributed by atoms with E-state index >= 15 is 0 Å². The minimum absolute atomic E-state index is 0.0206. The molecular formula is C20H28N4O3S. The average molecular weight is 405 g/mol. The molecule has 3 rings (SSSR count). The number of hydrogen-bond donors (Lipinski definition) is 3. The number of benzene rings is 1. The molecule has 0 unspecified atom stereocenters. The van der Waals surface area contributed by atoms with Gasteiger partial charge in [0.05, 0.1) is 11.4 Å². The Balaban J connectivity index is 1.56. The molecule has 0 spiro atoms. The molecule has 2 aliphatic heterocycles. The van der Waals surface area contributed by atoms with Crippen molar-refractivity contribution in [1.82, 2.24) is 20.9 Å². The van der Waals surface area contributed by atoms with Gasteiger partial charge >= 0.3 is 0 Å². The van der Waals surface area contributed by atoms with Gasteiger partial charge in [0.1, 0.15) is 12.1 Å².